The Morgan fingerprint density at radius 2 is 1.96 bits per heavy atom. The van der Waals surface area contributed by atoms with Gasteiger partial charge in [-0.3, -0.25) is 14.8 Å². The molecule has 2 aromatic heterocycles. The molecule has 1 unspecified atom stereocenters. The Kier molecular flexibility index (Phi) is 4.55. The molecule has 0 spiro atoms. The van der Waals surface area contributed by atoms with Crippen LogP contribution < -0.4 is 5.32 Å². The van der Waals surface area contributed by atoms with Gasteiger partial charge in [-0.1, -0.05) is 30.3 Å². The maximum absolute atomic E-state index is 12.2. The molecule has 0 radical (unpaired) electrons. The fourth-order valence-corrected chi connectivity index (χ4v) is 2.15. The third-order valence-corrected chi connectivity index (χ3v) is 3.54. The lowest BCUT2D eigenvalue weighted by Crippen LogP contribution is -2.18. The molecule has 9 nitrogen and oxygen atoms in total. The highest BCUT2D eigenvalue weighted by Gasteiger charge is 2.17. The predicted molar refractivity (Wildman–Crippen MR) is 88.1 cm³/mol. The second-order valence-corrected chi connectivity index (χ2v) is 5.40. The zero-order valence-electron chi connectivity index (χ0n) is 13.4. The number of anilines is 1. The minimum absolute atomic E-state index is 0.0903. The molecule has 128 valence electrons. The van der Waals surface area contributed by atoms with E-state index in [-0.39, 0.29) is 11.6 Å². The molecule has 2 N–H and O–H groups in total. The SMILES string of the molecule is CC(C(=O)O)n1ccc(C(=O)Nc2ncn(Cc3ccccc3)n2)n1. The Balaban J connectivity index is 1.65. The molecule has 9 heteroatoms. The molecule has 0 aliphatic carbocycles. The second kappa shape index (κ2) is 6.95. The second-order valence-electron chi connectivity index (χ2n) is 5.40. The molecular formula is C16H16N6O3. The lowest BCUT2D eigenvalue weighted by molar-refractivity contribution is -0.140. The van der Waals surface area contributed by atoms with Crippen LogP contribution in [0.25, 0.3) is 0 Å². The third kappa shape index (κ3) is 3.89. The Morgan fingerprint density at radius 1 is 1.20 bits per heavy atom. The predicted octanol–water partition coefficient (Wildman–Crippen LogP) is 1.42. The summed E-state index contributed by atoms with van der Waals surface area (Å²) in [6, 6.07) is 10.3. The van der Waals surface area contributed by atoms with E-state index in [9.17, 15) is 9.59 Å². The zero-order chi connectivity index (χ0) is 17.8. The lowest BCUT2D eigenvalue weighted by Gasteiger charge is -2.05. The number of carboxylic acids is 1. The van der Waals surface area contributed by atoms with Gasteiger partial charge >= 0.3 is 5.97 Å². The summed E-state index contributed by atoms with van der Waals surface area (Å²) in [6.07, 6.45) is 2.96. The number of benzene rings is 1. The molecule has 0 saturated heterocycles. The molecule has 1 aromatic carbocycles. The van der Waals surface area contributed by atoms with Crippen molar-refractivity contribution in [2.45, 2.75) is 19.5 Å². The van der Waals surface area contributed by atoms with Crippen LogP contribution in [0, 0.1) is 0 Å². The summed E-state index contributed by atoms with van der Waals surface area (Å²) in [5.74, 6) is -1.38. The van der Waals surface area contributed by atoms with Crippen LogP contribution in [0.4, 0.5) is 5.95 Å². The number of nitrogens with zero attached hydrogens (tertiary/aromatic N) is 5. The van der Waals surface area contributed by atoms with Crippen LogP contribution >= 0.6 is 0 Å². The minimum atomic E-state index is -1.03. The molecule has 0 aliphatic heterocycles. The maximum atomic E-state index is 12.2. The smallest absolute Gasteiger partial charge is 0.328 e. The van der Waals surface area contributed by atoms with Crippen molar-refractivity contribution in [1.29, 1.82) is 0 Å². The van der Waals surface area contributed by atoms with Crippen LogP contribution in [0.15, 0.2) is 48.9 Å². The van der Waals surface area contributed by atoms with E-state index in [4.69, 9.17) is 5.11 Å². The fourth-order valence-electron chi connectivity index (χ4n) is 2.15. The summed E-state index contributed by atoms with van der Waals surface area (Å²) in [5, 5.41) is 19.6. The van der Waals surface area contributed by atoms with E-state index in [2.05, 4.69) is 20.5 Å². The Labute approximate surface area is 142 Å². The quantitative estimate of drug-likeness (QED) is 0.701. The molecule has 3 aromatic rings. The van der Waals surface area contributed by atoms with E-state index in [1.165, 1.54) is 30.2 Å². The molecule has 2 heterocycles. The van der Waals surface area contributed by atoms with Gasteiger partial charge in [0.15, 0.2) is 5.69 Å². The van der Waals surface area contributed by atoms with Gasteiger partial charge in [-0.05, 0) is 18.6 Å². The van der Waals surface area contributed by atoms with Gasteiger partial charge < -0.3 is 5.11 Å². The molecule has 1 atom stereocenters. The zero-order valence-corrected chi connectivity index (χ0v) is 13.4. The molecule has 0 bridgehead atoms. The lowest BCUT2D eigenvalue weighted by atomic mass is 10.2. The van der Waals surface area contributed by atoms with Gasteiger partial charge in [-0.2, -0.15) is 5.10 Å². The van der Waals surface area contributed by atoms with Gasteiger partial charge in [-0.25, -0.2) is 14.5 Å². The summed E-state index contributed by atoms with van der Waals surface area (Å²) < 4.78 is 2.81. The third-order valence-electron chi connectivity index (χ3n) is 3.54. The van der Waals surface area contributed by atoms with Crippen LogP contribution in [-0.2, 0) is 11.3 Å². The van der Waals surface area contributed by atoms with Crippen LogP contribution in [0.3, 0.4) is 0 Å². The topological polar surface area (TPSA) is 115 Å². The van der Waals surface area contributed by atoms with Crippen molar-refractivity contribution in [2.24, 2.45) is 0 Å². The highest BCUT2D eigenvalue weighted by Crippen LogP contribution is 2.08. The molecule has 1 amide bonds. The van der Waals surface area contributed by atoms with Crippen LogP contribution in [-0.4, -0.2) is 41.5 Å². The molecule has 3 rings (SSSR count). The summed E-state index contributed by atoms with van der Waals surface area (Å²) in [5.41, 5.74) is 1.15. The van der Waals surface area contributed by atoms with Gasteiger partial charge in [0.2, 0.25) is 5.95 Å². The summed E-state index contributed by atoms with van der Waals surface area (Å²) in [4.78, 5) is 27.1. The number of nitrogens with one attached hydrogen (secondary N) is 1. The Bertz CT molecular complexity index is 886. The molecule has 0 aliphatic rings. The average molecular weight is 340 g/mol. The number of carboxylic acid groups (broad SMARTS) is 1. The molecule has 0 fully saturated rings. The number of aliphatic carboxylic acids is 1. The highest BCUT2D eigenvalue weighted by atomic mass is 16.4. The first-order chi connectivity index (χ1) is 12.0. The maximum Gasteiger partial charge on any atom is 0.328 e. The number of amides is 1. The van der Waals surface area contributed by atoms with E-state index in [1.54, 1.807) is 4.68 Å². The van der Waals surface area contributed by atoms with Crippen LogP contribution in [0.5, 0.6) is 0 Å². The standard InChI is InChI=1S/C16H16N6O3/c1-11(15(24)25)22-8-7-13(19-22)14(23)18-16-17-10-21(20-16)9-12-5-3-2-4-6-12/h2-8,10-11H,9H2,1H3,(H,24,25)(H,18,20,23). The first-order valence-corrected chi connectivity index (χ1v) is 7.55. The van der Waals surface area contributed by atoms with Gasteiger partial charge in [0.05, 0.1) is 6.54 Å². The highest BCUT2D eigenvalue weighted by molar-refractivity contribution is 6.01. The van der Waals surface area contributed by atoms with E-state index >= 15 is 0 Å². The van der Waals surface area contributed by atoms with Gasteiger partial charge in [0.25, 0.3) is 5.91 Å². The van der Waals surface area contributed by atoms with Crippen molar-refractivity contribution in [3.05, 3.63) is 60.2 Å². The first-order valence-electron chi connectivity index (χ1n) is 7.55. The number of rotatable bonds is 6. The van der Waals surface area contributed by atoms with Crippen molar-refractivity contribution in [1.82, 2.24) is 24.5 Å². The van der Waals surface area contributed by atoms with Gasteiger partial charge in [-0.15, -0.1) is 5.10 Å². The van der Waals surface area contributed by atoms with E-state index < -0.39 is 17.9 Å². The minimum Gasteiger partial charge on any atom is -0.480 e. The van der Waals surface area contributed by atoms with Crippen molar-refractivity contribution in [3.8, 4) is 0 Å². The van der Waals surface area contributed by atoms with E-state index in [0.717, 1.165) is 5.56 Å². The fraction of sp³-hybridized carbons (Fsp3) is 0.188. The van der Waals surface area contributed by atoms with Gasteiger partial charge in [0, 0.05) is 6.20 Å². The van der Waals surface area contributed by atoms with E-state index in [1.807, 2.05) is 30.3 Å². The number of aromatic nitrogens is 5. The summed E-state index contributed by atoms with van der Waals surface area (Å²) in [7, 11) is 0. The van der Waals surface area contributed by atoms with Crippen molar-refractivity contribution < 1.29 is 14.7 Å². The average Bonchev–Trinajstić information content (AvgIpc) is 3.24. The van der Waals surface area contributed by atoms with Crippen LogP contribution in [0.2, 0.25) is 0 Å². The Hall–Kier alpha value is -3.49. The largest absolute Gasteiger partial charge is 0.480 e. The Morgan fingerprint density at radius 3 is 2.68 bits per heavy atom. The number of carbonyl (C=O) groups excluding carboxylic acids is 1. The van der Waals surface area contributed by atoms with Crippen molar-refractivity contribution >= 4 is 17.8 Å². The van der Waals surface area contributed by atoms with E-state index in [0.29, 0.717) is 6.54 Å². The monoisotopic (exact) mass is 340 g/mol. The summed E-state index contributed by atoms with van der Waals surface area (Å²) in [6.45, 7) is 2.01. The van der Waals surface area contributed by atoms with Crippen LogP contribution in [0.1, 0.15) is 29.0 Å². The molecule has 0 saturated carbocycles. The molecular weight excluding hydrogens is 324 g/mol. The van der Waals surface area contributed by atoms with Crippen molar-refractivity contribution in [2.75, 3.05) is 5.32 Å². The normalized spacial score (nSPS) is 11.9. The molecule has 25 heavy (non-hydrogen) atoms. The first kappa shape index (κ1) is 16.4. The number of hydrogen-bond acceptors (Lipinski definition) is 5. The van der Waals surface area contributed by atoms with Crippen molar-refractivity contribution in [3.63, 3.8) is 0 Å². The summed E-state index contributed by atoms with van der Waals surface area (Å²) >= 11 is 0. The number of hydrogen-bond donors (Lipinski definition) is 2. The number of carbonyl (C=O) groups is 2. The van der Waals surface area contributed by atoms with Gasteiger partial charge in [0.1, 0.15) is 12.4 Å².